The number of aromatic nitrogens is 1. The Hall–Kier alpha value is -2.18. The van der Waals surface area contributed by atoms with E-state index in [2.05, 4.69) is 10.3 Å². The fraction of sp³-hybridized carbons (Fsp3) is 0. The van der Waals surface area contributed by atoms with Crippen LogP contribution in [0, 0.1) is 5.82 Å². The van der Waals surface area contributed by atoms with Gasteiger partial charge in [-0.1, -0.05) is 11.6 Å². The van der Waals surface area contributed by atoms with Crippen molar-refractivity contribution in [2.75, 3.05) is 11.1 Å². The number of benzene rings is 1. The molecule has 1 aromatic carbocycles. The Morgan fingerprint density at radius 3 is 2.95 bits per heavy atom. The van der Waals surface area contributed by atoms with Crippen molar-refractivity contribution in [3.8, 4) is 0 Å². The minimum Gasteiger partial charge on any atom is -0.397 e. The van der Waals surface area contributed by atoms with Crippen molar-refractivity contribution in [2.24, 2.45) is 0 Å². The van der Waals surface area contributed by atoms with Crippen LogP contribution in [-0.4, -0.2) is 10.9 Å². The monoisotopic (exact) mass is 321 g/mol. The van der Waals surface area contributed by atoms with E-state index in [-0.39, 0.29) is 10.7 Å². The van der Waals surface area contributed by atoms with Crippen molar-refractivity contribution >= 4 is 50.3 Å². The molecule has 0 saturated heterocycles. The minimum absolute atomic E-state index is 0.205. The number of amides is 1. The van der Waals surface area contributed by atoms with Gasteiger partial charge in [-0.2, -0.15) is 0 Å². The third kappa shape index (κ3) is 2.55. The van der Waals surface area contributed by atoms with Crippen molar-refractivity contribution in [2.45, 2.75) is 0 Å². The number of rotatable bonds is 2. The molecule has 4 nitrogen and oxygen atoms in total. The van der Waals surface area contributed by atoms with Gasteiger partial charge in [0.1, 0.15) is 10.7 Å². The molecule has 0 saturated carbocycles. The third-order valence-corrected chi connectivity index (χ3v) is 4.40. The Bertz CT molecular complexity index is 849. The maximum Gasteiger partial charge on any atom is 0.267 e. The average Bonchev–Trinajstić information content (AvgIpc) is 2.81. The third-order valence-electron chi connectivity index (χ3n) is 2.91. The Kier molecular flexibility index (Phi) is 3.48. The molecule has 0 aliphatic rings. The molecule has 0 aliphatic heterocycles. The quantitative estimate of drug-likeness (QED) is 0.751. The van der Waals surface area contributed by atoms with Gasteiger partial charge in [-0.15, -0.1) is 11.3 Å². The van der Waals surface area contributed by atoms with Gasteiger partial charge < -0.3 is 11.1 Å². The molecular formula is C14H9ClFN3OS. The molecule has 0 radical (unpaired) electrons. The van der Waals surface area contributed by atoms with Crippen LogP contribution in [0.4, 0.5) is 15.8 Å². The molecule has 0 aliphatic carbocycles. The SMILES string of the molecule is Nc1c(C(=O)Nc2cc(F)ccc2Cl)sc2cnccc12. The lowest BCUT2D eigenvalue weighted by Crippen LogP contribution is -2.12. The number of nitrogens with zero attached hydrogens (tertiary/aromatic N) is 1. The highest BCUT2D eigenvalue weighted by molar-refractivity contribution is 7.21. The van der Waals surface area contributed by atoms with Crippen LogP contribution in [0.1, 0.15) is 9.67 Å². The van der Waals surface area contributed by atoms with Gasteiger partial charge in [0.2, 0.25) is 0 Å². The van der Waals surface area contributed by atoms with E-state index in [9.17, 15) is 9.18 Å². The molecule has 3 aromatic rings. The molecule has 2 aromatic heterocycles. The Morgan fingerprint density at radius 2 is 2.19 bits per heavy atom. The van der Waals surface area contributed by atoms with Crippen LogP contribution < -0.4 is 11.1 Å². The molecule has 0 atom stereocenters. The largest absolute Gasteiger partial charge is 0.397 e. The molecule has 0 bridgehead atoms. The van der Waals surface area contributed by atoms with Gasteiger partial charge in [-0.3, -0.25) is 9.78 Å². The van der Waals surface area contributed by atoms with Gasteiger partial charge in [-0.25, -0.2) is 4.39 Å². The van der Waals surface area contributed by atoms with Crippen molar-refractivity contribution in [3.63, 3.8) is 0 Å². The highest BCUT2D eigenvalue weighted by Crippen LogP contribution is 2.34. The van der Waals surface area contributed by atoms with Crippen molar-refractivity contribution in [3.05, 3.63) is 52.4 Å². The predicted octanol–water partition coefficient (Wildman–Crippen LogP) is 3.92. The van der Waals surface area contributed by atoms with Crippen molar-refractivity contribution < 1.29 is 9.18 Å². The number of carbonyl (C=O) groups excluding carboxylic acids is 1. The number of anilines is 2. The zero-order chi connectivity index (χ0) is 15.0. The second-order valence-corrected chi connectivity index (χ2v) is 5.75. The number of halogens is 2. The Morgan fingerprint density at radius 1 is 1.38 bits per heavy atom. The van der Waals surface area contributed by atoms with Crippen LogP contribution in [0.15, 0.2) is 36.7 Å². The number of carbonyl (C=O) groups is 1. The molecule has 1 amide bonds. The number of nitrogen functional groups attached to an aromatic ring is 1. The molecule has 21 heavy (non-hydrogen) atoms. The van der Waals surface area contributed by atoms with Crippen molar-refractivity contribution in [1.29, 1.82) is 0 Å². The maximum absolute atomic E-state index is 13.2. The minimum atomic E-state index is -0.483. The standard InChI is InChI=1S/C14H9ClFN3OS/c15-9-2-1-7(16)5-10(9)19-14(20)13-12(17)8-3-4-18-6-11(8)21-13/h1-6H,17H2,(H,19,20). The summed E-state index contributed by atoms with van der Waals surface area (Å²) in [4.78, 5) is 16.6. The maximum atomic E-state index is 13.2. The van der Waals surface area contributed by atoms with Gasteiger partial charge in [-0.05, 0) is 24.3 Å². The molecule has 0 fully saturated rings. The molecular weight excluding hydrogens is 313 g/mol. The summed E-state index contributed by atoms with van der Waals surface area (Å²) in [7, 11) is 0. The second kappa shape index (κ2) is 5.31. The summed E-state index contributed by atoms with van der Waals surface area (Å²) in [5, 5.41) is 3.59. The smallest absolute Gasteiger partial charge is 0.267 e. The molecule has 106 valence electrons. The van der Waals surface area contributed by atoms with Gasteiger partial charge in [0.25, 0.3) is 5.91 Å². The average molecular weight is 322 g/mol. The fourth-order valence-corrected chi connectivity index (χ4v) is 3.06. The van der Waals surface area contributed by atoms with Gasteiger partial charge in [0.05, 0.1) is 21.1 Å². The molecule has 3 N–H and O–H groups in total. The van der Waals surface area contributed by atoms with Crippen LogP contribution in [0.2, 0.25) is 5.02 Å². The summed E-state index contributed by atoms with van der Waals surface area (Å²) < 4.78 is 14.0. The summed E-state index contributed by atoms with van der Waals surface area (Å²) in [6.45, 7) is 0. The van der Waals surface area contributed by atoms with Crippen LogP contribution in [0.25, 0.3) is 10.1 Å². The first-order valence-corrected chi connectivity index (χ1v) is 7.14. The number of nitrogens with two attached hydrogens (primary N) is 1. The summed E-state index contributed by atoms with van der Waals surface area (Å²) in [5.41, 5.74) is 6.56. The summed E-state index contributed by atoms with van der Waals surface area (Å²) in [6, 6.07) is 5.50. The van der Waals surface area contributed by atoms with E-state index in [0.29, 0.717) is 10.6 Å². The van der Waals surface area contributed by atoms with E-state index in [0.717, 1.165) is 16.2 Å². The molecule has 0 spiro atoms. The first kappa shape index (κ1) is 13.8. The van der Waals surface area contributed by atoms with Gasteiger partial charge in [0, 0.05) is 17.8 Å². The number of thiophene rings is 1. The molecule has 0 unspecified atom stereocenters. The lowest BCUT2D eigenvalue weighted by atomic mass is 10.2. The number of fused-ring (bicyclic) bond motifs is 1. The number of hydrogen-bond donors (Lipinski definition) is 2. The Labute approximate surface area is 128 Å². The summed E-state index contributed by atoms with van der Waals surface area (Å²) in [5.74, 6) is -0.913. The fourth-order valence-electron chi connectivity index (χ4n) is 1.91. The zero-order valence-electron chi connectivity index (χ0n) is 10.6. The number of nitrogens with one attached hydrogen (secondary N) is 1. The van der Waals surface area contributed by atoms with Gasteiger partial charge in [0.15, 0.2) is 0 Å². The lowest BCUT2D eigenvalue weighted by Gasteiger charge is -2.06. The predicted molar refractivity (Wildman–Crippen MR) is 83.4 cm³/mol. The summed E-state index contributed by atoms with van der Waals surface area (Å²) >= 11 is 7.15. The number of hydrogen-bond acceptors (Lipinski definition) is 4. The van der Waals surface area contributed by atoms with Crippen LogP contribution >= 0.6 is 22.9 Å². The summed E-state index contributed by atoms with van der Waals surface area (Å²) in [6.07, 6.45) is 3.25. The van der Waals surface area contributed by atoms with Crippen LogP contribution in [0.3, 0.4) is 0 Å². The van der Waals surface area contributed by atoms with E-state index >= 15 is 0 Å². The van der Waals surface area contributed by atoms with E-state index in [1.165, 1.54) is 23.5 Å². The van der Waals surface area contributed by atoms with E-state index in [1.807, 2.05) is 0 Å². The van der Waals surface area contributed by atoms with E-state index in [4.69, 9.17) is 17.3 Å². The topological polar surface area (TPSA) is 68.0 Å². The second-order valence-electron chi connectivity index (χ2n) is 4.29. The molecule has 2 heterocycles. The van der Waals surface area contributed by atoms with Gasteiger partial charge >= 0.3 is 0 Å². The van der Waals surface area contributed by atoms with Crippen LogP contribution in [0.5, 0.6) is 0 Å². The van der Waals surface area contributed by atoms with Crippen molar-refractivity contribution in [1.82, 2.24) is 4.98 Å². The molecule has 7 heteroatoms. The highest BCUT2D eigenvalue weighted by Gasteiger charge is 2.17. The number of pyridine rings is 1. The first-order chi connectivity index (χ1) is 10.1. The van der Waals surface area contributed by atoms with E-state index in [1.54, 1.807) is 18.5 Å². The molecule has 3 rings (SSSR count). The van der Waals surface area contributed by atoms with Crippen LogP contribution in [-0.2, 0) is 0 Å². The Balaban J connectivity index is 1.97. The normalized spacial score (nSPS) is 10.8. The lowest BCUT2D eigenvalue weighted by molar-refractivity contribution is 0.103. The van der Waals surface area contributed by atoms with E-state index < -0.39 is 11.7 Å². The zero-order valence-corrected chi connectivity index (χ0v) is 12.1. The first-order valence-electron chi connectivity index (χ1n) is 5.94. The highest BCUT2D eigenvalue weighted by atomic mass is 35.5.